The molecule has 2 aromatic heterocycles. The summed E-state index contributed by atoms with van der Waals surface area (Å²) in [6.45, 7) is 0. The Balaban J connectivity index is 1.59. The summed E-state index contributed by atoms with van der Waals surface area (Å²) >= 11 is 12.1. The molecular weight excluding hydrogens is 371 g/mol. The first-order valence-corrected chi connectivity index (χ1v) is 8.96. The summed E-state index contributed by atoms with van der Waals surface area (Å²) in [7, 11) is 0. The third-order valence-corrected chi connectivity index (χ3v) is 4.40. The molecule has 0 unspecified atom stereocenters. The number of hydrazine groups is 1. The van der Waals surface area contributed by atoms with Crippen molar-refractivity contribution in [3.05, 3.63) is 58.8 Å². The lowest BCUT2D eigenvalue weighted by Gasteiger charge is -2.13. The first-order chi connectivity index (χ1) is 12.7. The second-order valence-electron chi connectivity index (χ2n) is 6.00. The summed E-state index contributed by atoms with van der Waals surface area (Å²) in [5.74, 6) is 1.20. The summed E-state index contributed by atoms with van der Waals surface area (Å²) < 4.78 is 0. The van der Waals surface area contributed by atoms with Crippen LogP contribution in [0.2, 0.25) is 10.0 Å². The number of anilines is 3. The van der Waals surface area contributed by atoms with Crippen LogP contribution in [0.3, 0.4) is 0 Å². The van der Waals surface area contributed by atoms with E-state index >= 15 is 0 Å². The SMILES string of the molecule is Clc1ccc(NNc2cc(-c3cccnc3)nc(NC3CC3)n2)c(Cl)c1. The number of benzene rings is 1. The van der Waals surface area contributed by atoms with Crippen molar-refractivity contribution in [2.45, 2.75) is 18.9 Å². The van der Waals surface area contributed by atoms with Crippen LogP contribution in [0, 0.1) is 0 Å². The van der Waals surface area contributed by atoms with Gasteiger partial charge in [-0.1, -0.05) is 23.2 Å². The molecule has 0 spiro atoms. The maximum Gasteiger partial charge on any atom is 0.225 e. The minimum absolute atomic E-state index is 0.450. The predicted octanol–water partition coefficient (Wildman–Crippen LogP) is 4.86. The van der Waals surface area contributed by atoms with E-state index in [4.69, 9.17) is 23.2 Å². The number of rotatable bonds is 6. The van der Waals surface area contributed by atoms with Gasteiger partial charge in [-0.3, -0.25) is 15.8 Å². The van der Waals surface area contributed by atoms with Crippen molar-refractivity contribution >= 4 is 40.7 Å². The molecule has 1 fully saturated rings. The summed E-state index contributed by atoms with van der Waals surface area (Å²) in [6, 6.07) is 11.4. The third-order valence-electron chi connectivity index (χ3n) is 3.85. The normalized spacial score (nSPS) is 13.3. The molecular formula is C18H16Cl2N6. The average molecular weight is 387 g/mol. The van der Waals surface area contributed by atoms with Crippen LogP contribution < -0.4 is 16.2 Å². The highest BCUT2D eigenvalue weighted by molar-refractivity contribution is 6.36. The van der Waals surface area contributed by atoms with E-state index < -0.39 is 0 Å². The molecule has 2 heterocycles. The molecule has 26 heavy (non-hydrogen) atoms. The average Bonchev–Trinajstić information content (AvgIpc) is 3.45. The number of nitrogens with zero attached hydrogens (tertiary/aromatic N) is 3. The van der Waals surface area contributed by atoms with Crippen LogP contribution in [0.1, 0.15) is 12.8 Å². The molecule has 132 valence electrons. The zero-order valence-corrected chi connectivity index (χ0v) is 15.2. The smallest absolute Gasteiger partial charge is 0.225 e. The van der Waals surface area contributed by atoms with Gasteiger partial charge in [0.2, 0.25) is 5.95 Å². The predicted molar refractivity (Wildman–Crippen MR) is 106 cm³/mol. The topological polar surface area (TPSA) is 74.8 Å². The Hall–Kier alpha value is -2.57. The van der Waals surface area contributed by atoms with Crippen LogP contribution in [0.25, 0.3) is 11.3 Å². The molecule has 1 aliphatic rings. The van der Waals surface area contributed by atoms with Crippen LogP contribution >= 0.6 is 23.2 Å². The van der Waals surface area contributed by atoms with Gasteiger partial charge in [0.15, 0.2) is 5.82 Å². The van der Waals surface area contributed by atoms with Crippen LogP contribution in [-0.4, -0.2) is 21.0 Å². The monoisotopic (exact) mass is 386 g/mol. The fourth-order valence-electron chi connectivity index (χ4n) is 2.37. The van der Waals surface area contributed by atoms with Crippen molar-refractivity contribution in [2.75, 3.05) is 16.2 Å². The quantitative estimate of drug-likeness (QED) is 0.525. The fraction of sp³-hybridized carbons (Fsp3) is 0.167. The van der Waals surface area contributed by atoms with Crippen molar-refractivity contribution in [3.63, 3.8) is 0 Å². The highest BCUT2D eigenvalue weighted by Crippen LogP contribution is 2.28. The van der Waals surface area contributed by atoms with Crippen LogP contribution in [0.15, 0.2) is 48.8 Å². The Morgan fingerprint density at radius 2 is 1.88 bits per heavy atom. The maximum absolute atomic E-state index is 6.19. The highest BCUT2D eigenvalue weighted by Gasteiger charge is 2.22. The van der Waals surface area contributed by atoms with Gasteiger partial charge in [-0.2, -0.15) is 4.98 Å². The van der Waals surface area contributed by atoms with Gasteiger partial charge in [0.1, 0.15) is 0 Å². The molecule has 0 aliphatic heterocycles. The van der Waals surface area contributed by atoms with E-state index in [2.05, 4.69) is 31.1 Å². The van der Waals surface area contributed by atoms with E-state index in [1.54, 1.807) is 30.6 Å². The largest absolute Gasteiger partial charge is 0.351 e. The molecule has 0 saturated heterocycles. The number of halogens is 2. The lowest BCUT2D eigenvalue weighted by Crippen LogP contribution is -2.13. The zero-order chi connectivity index (χ0) is 17.9. The minimum atomic E-state index is 0.450. The van der Waals surface area contributed by atoms with Crippen molar-refractivity contribution in [1.82, 2.24) is 15.0 Å². The molecule has 0 atom stereocenters. The number of hydrogen-bond acceptors (Lipinski definition) is 6. The molecule has 3 N–H and O–H groups in total. The lowest BCUT2D eigenvalue weighted by atomic mass is 10.2. The van der Waals surface area contributed by atoms with Crippen LogP contribution in [0.4, 0.5) is 17.5 Å². The number of hydrogen-bond donors (Lipinski definition) is 3. The van der Waals surface area contributed by atoms with Gasteiger partial charge in [0, 0.05) is 35.1 Å². The highest BCUT2D eigenvalue weighted by atomic mass is 35.5. The zero-order valence-electron chi connectivity index (χ0n) is 13.7. The fourth-order valence-corrected chi connectivity index (χ4v) is 2.83. The molecule has 1 saturated carbocycles. The Bertz CT molecular complexity index is 915. The van der Waals surface area contributed by atoms with Gasteiger partial charge in [-0.05, 0) is 43.2 Å². The van der Waals surface area contributed by atoms with Crippen molar-refractivity contribution in [1.29, 1.82) is 0 Å². The molecule has 8 heteroatoms. The summed E-state index contributed by atoms with van der Waals surface area (Å²) in [4.78, 5) is 13.3. The first kappa shape index (κ1) is 16.9. The minimum Gasteiger partial charge on any atom is -0.351 e. The van der Waals surface area contributed by atoms with Crippen LogP contribution in [-0.2, 0) is 0 Å². The Morgan fingerprint density at radius 1 is 1.00 bits per heavy atom. The van der Waals surface area contributed by atoms with Crippen molar-refractivity contribution in [2.24, 2.45) is 0 Å². The van der Waals surface area contributed by atoms with Gasteiger partial charge in [0.25, 0.3) is 0 Å². The van der Waals surface area contributed by atoms with E-state index in [0.717, 1.165) is 24.1 Å². The second-order valence-corrected chi connectivity index (χ2v) is 6.84. The first-order valence-electron chi connectivity index (χ1n) is 8.20. The van der Waals surface area contributed by atoms with E-state index in [1.165, 1.54) is 0 Å². The number of pyridine rings is 1. The number of aromatic nitrogens is 3. The molecule has 6 nitrogen and oxygen atoms in total. The molecule has 0 radical (unpaired) electrons. The van der Waals surface area contributed by atoms with Gasteiger partial charge in [-0.25, -0.2) is 4.98 Å². The van der Waals surface area contributed by atoms with E-state index in [9.17, 15) is 0 Å². The summed E-state index contributed by atoms with van der Waals surface area (Å²) in [5, 5.41) is 4.43. The van der Waals surface area contributed by atoms with Gasteiger partial charge < -0.3 is 5.32 Å². The second kappa shape index (κ2) is 7.35. The molecule has 0 bridgehead atoms. The molecule has 0 amide bonds. The molecule has 1 aromatic carbocycles. The number of nitrogens with one attached hydrogen (secondary N) is 3. The van der Waals surface area contributed by atoms with Gasteiger partial charge in [-0.15, -0.1) is 0 Å². The van der Waals surface area contributed by atoms with E-state index in [-0.39, 0.29) is 0 Å². The molecule has 4 rings (SSSR count). The van der Waals surface area contributed by atoms with E-state index in [1.807, 2.05) is 18.2 Å². The Labute approximate surface area is 161 Å². The third kappa shape index (κ3) is 4.15. The van der Waals surface area contributed by atoms with Gasteiger partial charge >= 0.3 is 0 Å². The Morgan fingerprint density at radius 3 is 2.62 bits per heavy atom. The van der Waals surface area contributed by atoms with E-state index in [0.29, 0.717) is 33.5 Å². The Kier molecular flexibility index (Phi) is 4.77. The summed E-state index contributed by atoms with van der Waals surface area (Å²) in [5.41, 5.74) is 8.53. The van der Waals surface area contributed by atoms with Crippen molar-refractivity contribution < 1.29 is 0 Å². The molecule has 1 aliphatic carbocycles. The maximum atomic E-state index is 6.19. The van der Waals surface area contributed by atoms with Crippen LogP contribution in [0.5, 0.6) is 0 Å². The standard InChI is InChI=1S/C18H16Cl2N6/c19-12-3-6-15(14(20)8-12)25-26-17-9-16(11-2-1-7-21-10-11)23-18(24-17)22-13-4-5-13/h1-3,6-10,13,25H,4-5H2,(H2,22,23,24,26). The molecule has 3 aromatic rings. The summed E-state index contributed by atoms with van der Waals surface area (Å²) in [6.07, 6.45) is 5.79. The van der Waals surface area contributed by atoms with Gasteiger partial charge in [0.05, 0.1) is 16.4 Å². The lowest BCUT2D eigenvalue weighted by molar-refractivity contribution is 1.05. The van der Waals surface area contributed by atoms with Crippen molar-refractivity contribution in [3.8, 4) is 11.3 Å².